The van der Waals surface area contributed by atoms with E-state index in [2.05, 4.69) is 10.3 Å². The second-order valence-corrected chi connectivity index (χ2v) is 12.1. The van der Waals surface area contributed by atoms with Gasteiger partial charge in [0.25, 0.3) is 0 Å². The third-order valence-electron chi connectivity index (χ3n) is 5.57. The second-order valence-electron chi connectivity index (χ2n) is 10.0. The van der Waals surface area contributed by atoms with Crippen molar-refractivity contribution in [3.05, 3.63) is 75.7 Å². The number of phenolic OH excluding ortho intramolecular Hbond substituents is 1. The molecule has 1 amide bonds. The topological polar surface area (TPSA) is 155 Å². The molecule has 210 valence electrons. The highest BCUT2D eigenvalue weighted by atomic mass is 32.2. The SMILES string of the molecule is CCc1csc([C@H](Cc2ccc(NS(=O)(=O)O)cc2)NC(=O)[C@H](Cc2ccc(O)cc2)C(=O)OC(C)(C)C)n1. The summed E-state index contributed by atoms with van der Waals surface area (Å²) in [5.74, 6) is -2.27. The minimum absolute atomic E-state index is 0.0713. The number of nitrogens with one attached hydrogen (secondary N) is 2. The van der Waals surface area contributed by atoms with E-state index in [4.69, 9.17) is 9.29 Å². The predicted octanol–water partition coefficient (Wildman–Crippen LogP) is 4.23. The number of aryl methyl sites for hydroxylation is 1. The molecule has 2 atom stereocenters. The number of nitrogens with zero attached hydrogens (tertiary/aromatic N) is 1. The zero-order valence-corrected chi connectivity index (χ0v) is 23.8. The Labute approximate surface area is 232 Å². The van der Waals surface area contributed by atoms with Crippen LogP contribution in [0.1, 0.15) is 55.6 Å². The summed E-state index contributed by atoms with van der Waals surface area (Å²) in [7, 11) is -4.40. The summed E-state index contributed by atoms with van der Waals surface area (Å²) in [6.45, 7) is 7.16. The molecule has 3 rings (SSSR count). The summed E-state index contributed by atoms with van der Waals surface area (Å²) >= 11 is 1.40. The number of thiazole rings is 1. The number of ether oxygens (including phenoxy) is 1. The normalized spacial score (nSPS) is 13.4. The molecule has 2 aromatic carbocycles. The van der Waals surface area contributed by atoms with Gasteiger partial charge in [0.05, 0.1) is 17.4 Å². The van der Waals surface area contributed by atoms with Crippen LogP contribution in [0.4, 0.5) is 5.69 Å². The Kier molecular flexibility index (Phi) is 9.70. The van der Waals surface area contributed by atoms with Crippen molar-refractivity contribution in [1.82, 2.24) is 10.3 Å². The number of carbonyl (C=O) groups is 2. The fraction of sp³-hybridized carbons (Fsp3) is 0.370. The van der Waals surface area contributed by atoms with Gasteiger partial charge < -0.3 is 15.2 Å². The molecule has 0 saturated heterocycles. The van der Waals surface area contributed by atoms with E-state index in [1.165, 1.54) is 35.6 Å². The monoisotopic (exact) mass is 575 g/mol. The minimum atomic E-state index is -4.40. The van der Waals surface area contributed by atoms with Crippen LogP contribution in [-0.2, 0) is 43.9 Å². The molecule has 0 aliphatic heterocycles. The lowest BCUT2D eigenvalue weighted by Crippen LogP contribution is -2.42. The van der Waals surface area contributed by atoms with Crippen LogP contribution >= 0.6 is 11.3 Å². The molecule has 12 heteroatoms. The molecule has 0 spiro atoms. The molecule has 0 aliphatic carbocycles. The summed E-state index contributed by atoms with van der Waals surface area (Å²) in [5.41, 5.74) is 1.70. The quantitative estimate of drug-likeness (QED) is 0.150. The molecular weight excluding hydrogens is 542 g/mol. The maximum atomic E-state index is 13.6. The largest absolute Gasteiger partial charge is 0.508 e. The smallest absolute Gasteiger partial charge is 0.357 e. The zero-order valence-electron chi connectivity index (χ0n) is 22.2. The van der Waals surface area contributed by atoms with Gasteiger partial charge in [0.2, 0.25) is 5.91 Å². The summed E-state index contributed by atoms with van der Waals surface area (Å²) < 4.78 is 38.7. The van der Waals surface area contributed by atoms with Crippen LogP contribution in [-0.4, -0.2) is 40.5 Å². The zero-order chi connectivity index (χ0) is 28.8. The fourth-order valence-corrected chi connectivity index (χ4v) is 5.12. The van der Waals surface area contributed by atoms with E-state index in [1.54, 1.807) is 45.0 Å². The van der Waals surface area contributed by atoms with Crippen molar-refractivity contribution < 1.29 is 32.4 Å². The van der Waals surface area contributed by atoms with E-state index >= 15 is 0 Å². The first-order chi connectivity index (χ1) is 18.2. The molecule has 0 aliphatic rings. The summed E-state index contributed by atoms with van der Waals surface area (Å²) in [6.07, 6.45) is 1.10. The van der Waals surface area contributed by atoms with E-state index < -0.39 is 39.7 Å². The number of hydrogen-bond donors (Lipinski definition) is 4. The lowest BCUT2D eigenvalue weighted by Gasteiger charge is -2.25. The van der Waals surface area contributed by atoms with Crippen LogP contribution in [0.3, 0.4) is 0 Å². The maximum Gasteiger partial charge on any atom is 0.357 e. The average Bonchev–Trinajstić information content (AvgIpc) is 3.31. The Morgan fingerprint density at radius 3 is 2.15 bits per heavy atom. The molecule has 10 nitrogen and oxygen atoms in total. The Bertz CT molecular complexity index is 1380. The highest BCUT2D eigenvalue weighted by Crippen LogP contribution is 2.26. The van der Waals surface area contributed by atoms with Gasteiger partial charge in [-0.05, 0) is 75.4 Å². The van der Waals surface area contributed by atoms with Crippen LogP contribution in [0.2, 0.25) is 0 Å². The Balaban J connectivity index is 1.88. The van der Waals surface area contributed by atoms with Crippen molar-refractivity contribution in [1.29, 1.82) is 0 Å². The van der Waals surface area contributed by atoms with Gasteiger partial charge >= 0.3 is 16.3 Å². The molecule has 3 aromatic rings. The van der Waals surface area contributed by atoms with Crippen molar-refractivity contribution in [2.45, 2.75) is 58.6 Å². The molecule has 39 heavy (non-hydrogen) atoms. The van der Waals surface area contributed by atoms with E-state index in [-0.39, 0.29) is 17.9 Å². The minimum Gasteiger partial charge on any atom is -0.508 e. The van der Waals surface area contributed by atoms with Crippen LogP contribution in [0.25, 0.3) is 0 Å². The standard InChI is InChI=1S/C27H33N3O7S2/c1-5-19-16-38-25(28-19)23(15-18-6-10-20(11-7-18)30-39(34,35)36)29-24(32)22(26(33)37-27(2,3)4)14-17-8-12-21(31)13-9-17/h6-13,16,22-23,30-31H,5,14-15H2,1-4H3,(H,29,32)(H,34,35,36)/t22-,23-/m0/s1. The van der Waals surface area contributed by atoms with Crippen LogP contribution in [0, 0.1) is 5.92 Å². The molecule has 0 unspecified atom stereocenters. The number of phenols is 1. The number of hydrogen-bond acceptors (Lipinski definition) is 8. The third kappa shape index (κ3) is 9.65. The first-order valence-corrected chi connectivity index (χ1v) is 14.6. The number of rotatable bonds is 11. The molecular formula is C27H33N3O7S2. The Morgan fingerprint density at radius 1 is 1.03 bits per heavy atom. The van der Waals surface area contributed by atoms with Crippen molar-refractivity contribution >= 4 is 39.2 Å². The molecule has 0 saturated carbocycles. The van der Waals surface area contributed by atoms with E-state index in [0.29, 0.717) is 23.4 Å². The van der Waals surface area contributed by atoms with Gasteiger partial charge in [-0.3, -0.25) is 18.9 Å². The van der Waals surface area contributed by atoms with Gasteiger partial charge in [-0.1, -0.05) is 31.2 Å². The fourth-order valence-electron chi connectivity index (χ4n) is 3.73. The first-order valence-electron chi connectivity index (χ1n) is 12.3. The molecule has 0 radical (unpaired) electrons. The van der Waals surface area contributed by atoms with Gasteiger partial charge in [0.1, 0.15) is 22.3 Å². The second kappa shape index (κ2) is 12.6. The molecule has 0 bridgehead atoms. The van der Waals surface area contributed by atoms with E-state index in [9.17, 15) is 23.1 Å². The van der Waals surface area contributed by atoms with Crippen molar-refractivity contribution in [2.24, 2.45) is 5.92 Å². The van der Waals surface area contributed by atoms with Crippen molar-refractivity contribution in [3.63, 3.8) is 0 Å². The van der Waals surface area contributed by atoms with Crippen LogP contribution in [0.15, 0.2) is 53.9 Å². The van der Waals surface area contributed by atoms with E-state index in [0.717, 1.165) is 11.3 Å². The Morgan fingerprint density at radius 2 is 1.62 bits per heavy atom. The Hall–Kier alpha value is -3.48. The third-order valence-corrected chi connectivity index (χ3v) is 7.07. The molecule has 0 fully saturated rings. The maximum absolute atomic E-state index is 13.6. The number of aromatic nitrogens is 1. The summed E-state index contributed by atoms with van der Waals surface area (Å²) in [5, 5.41) is 15.2. The van der Waals surface area contributed by atoms with Crippen LogP contribution in [0.5, 0.6) is 5.75 Å². The van der Waals surface area contributed by atoms with Gasteiger partial charge in [-0.2, -0.15) is 8.42 Å². The van der Waals surface area contributed by atoms with Gasteiger partial charge in [-0.25, -0.2) is 4.98 Å². The number of amides is 1. The molecule has 4 N–H and O–H groups in total. The average molecular weight is 576 g/mol. The first kappa shape index (κ1) is 30.1. The number of anilines is 1. The number of carbonyl (C=O) groups excluding carboxylic acids is 2. The highest BCUT2D eigenvalue weighted by Gasteiger charge is 2.33. The summed E-state index contributed by atoms with van der Waals surface area (Å²) in [4.78, 5) is 31.4. The van der Waals surface area contributed by atoms with Crippen molar-refractivity contribution in [2.75, 3.05) is 4.72 Å². The molecule has 1 heterocycles. The summed E-state index contributed by atoms with van der Waals surface area (Å²) in [6, 6.07) is 12.0. The van der Waals surface area contributed by atoms with Gasteiger partial charge in [0, 0.05) is 5.38 Å². The lowest BCUT2D eigenvalue weighted by molar-refractivity contribution is -0.162. The van der Waals surface area contributed by atoms with Gasteiger partial charge in [0.15, 0.2) is 0 Å². The number of benzene rings is 2. The van der Waals surface area contributed by atoms with Crippen molar-refractivity contribution in [3.8, 4) is 5.75 Å². The van der Waals surface area contributed by atoms with Gasteiger partial charge in [-0.15, -0.1) is 11.3 Å². The highest BCUT2D eigenvalue weighted by molar-refractivity contribution is 7.87. The number of aromatic hydroxyl groups is 1. The number of esters is 1. The van der Waals surface area contributed by atoms with Crippen LogP contribution < -0.4 is 10.0 Å². The molecule has 1 aromatic heterocycles. The van der Waals surface area contributed by atoms with E-state index in [1.807, 2.05) is 17.0 Å². The predicted molar refractivity (Wildman–Crippen MR) is 149 cm³/mol. The lowest BCUT2D eigenvalue weighted by atomic mass is 9.97.